The van der Waals surface area contributed by atoms with E-state index in [1.807, 2.05) is 20.0 Å². The lowest BCUT2D eigenvalue weighted by molar-refractivity contribution is 0.111. The molecule has 0 aliphatic rings. The number of hydrogen-bond acceptors (Lipinski definition) is 3. The van der Waals surface area contributed by atoms with Gasteiger partial charge in [0.05, 0.1) is 10.6 Å². The molecule has 0 unspecified atom stereocenters. The number of aldehydes is 1. The molecule has 0 aliphatic carbocycles. The molecule has 122 valence electrons. The number of likely N-dealkylation sites (N-methyl/N-ethyl adjacent to an activating group) is 1. The minimum atomic E-state index is 0.466. The third-order valence-electron chi connectivity index (χ3n) is 3.84. The third kappa shape index (κ3) is 4.34. The summed E-state index contributed by atoms with van der Waals surface area (Å²) in [6.45, 7) is 5.19. The van der Waals surface area contributed by atoms with Crippen LogP contribution in [0.4, 0.5) is 0 Å². The summed E-state index contributed by atoms with van der Waals surface area (Å²) in [5.41, 5.74) is 4.92. The SMILES string of the molecule is CNCCOc1c(C=O)cc(Cc2ccc(C)cc2)c(C)c1Cl. The van der Waals surface area contributed by atoms with Crippen LogP contribution in [0.1, 0.15) is 32.6 Å². The average Bonchev–Trinajstić information content (AvgIpc) is 2.56. The van der Waals surface area contributed by atoms with Gasteiger partial charge in [0.25, 0.3) is 0 Å². The number of rotatable bonds is 7. The molecule has 0 heterocycles. The Balaban J connectivity index is 2.32. The maximum Gasteiger partial charge on any atom is 0.153 e. The minimum Gasteiger partial charge on any atom is -0.490 e. The predicted octanol–water partition coefficient (Wildman–Crippen LogP) is 3.96. The standard InChI is InChI=1S/C19H22ClNO2/c1-13-4-6-15(7-5-13)10-16-11-17(12-22)19(18(20)14(16)2)23-9-8-21-3/h4-7,11-12,21H,8-10H2,1-3H3. The van der Waals surface area contributed by atoms with E-state index in [4.69, 9.17) is 16.3 Å². The molecule has 23 heavy (non-hydrogen) atoms. The second kappa shape index (κ2) is 8.14. The summed E-state index contributed by atoms with van der Waals surface area (Å²) in [4.78, 5) is 11.4. The van der Waals surface area contributed by atoms with Crippen LogP contribution in [0, 0.1) is 13.8 Å². The van der Waals surface area contributed by atoms with Crippen molar-refractivity contribution in [1.29, 1.82) is 0 Å². The van der Waals surface area contributed by atoms with Crippen LogP contribution >= 0.6 is 11.6 Å². The van der Waals surface area contributed by atoms with Gasteiger partial charge in [0.2, 0.25) is 0 Å². The van der Waals surface area contributed by atoms with Crippen LogP contribution in [0.15, 0.2) is 30.3 Å². The zero-order chi connectivity index (χ0) is 16.8. The van der Waals surface area contributed by atoms with Gasteiger partial charge in [-0.2, -0.15) is 0 Å². The number of hydrogen-bond donors (Lipinski definition) is 1. The van der Waals surface area contributed by atoms with Crippen LogP contribution in [0.25, 0.3) is 0 Å². The van der Waals surface area contributed by atoms with Gasteiger partial charge in [0.15, 0.2) is 6.29 Å². The van der Waals surface area contributed by atoms with E-state index in [-0.39, 0.29) is 0 Å². The topological polar surface area (TPSA) is 38.3 Å². The predicted molar refractivity (Wildman–Crippen MR) is 95.0 cm³/mol. The molecule has 3 nitrogen and oxygen atoms in total. The quantitative estimate of drug-likeness (QED) is 0.616. The van der Waals surface area contributed by atoms with Crippen molar-refractivity contribution >= 4 is 17.9 Å². The molecule has 4 heteroatoms. The van der Waals surface area contributed by atoms with Gasteiger partial charge in [-0.3, -0.25) is 4.79 Å². The van der Waals surface area contributed by atoms with E-state index in [0.717, 1.165) is 23.8 Å². The second-order valence-corrected chi connectivity index (χ2v) is 6.00. The summed E-state index contributed by atoms with van der Waals surface area (Å²) in [6.07, 6.45) is 1.54. The first kappa shape index (κ1) is 17.5. The van der Waals surface area contributed by atoms with E-state index < -0.39 is 0 Å². The summed E-state index contributed by atoms with van der Waals surface area (Å²) in [7, 11) is 1.85. The fourth-order valence-corrected chi connectivity index (χ4v) is 2.68. The number of ether oxygens (including phenoxy) is 1. The number of benzene rings is 2. The summed E-state index contributed by atoms with van der Waals surface area (Å²) in [6, 6.07) is 10.2. The van der Waals surface area contributed by atoms with E-state index in [9.17, 15) is 4.79 Å². The Morgan fingerprint density at radius 1 is 1.22 bits per heavy atom. The van der Waals surface area contributed by atoms with Crippen LogP contribution in [0.5, 0.6) is 5.75 Å². The second-order valence-electron chi connectivity index (χ2n) is 5.63. The Labute approximate surface area is 142 Å². The van der Waals surface area contributed by atoms with Crippen LogP contribution in [-0.4, -0.2) is 26.5 Å². The highest BCUT2D eigenvalue weighted by atomic mass is 35.5. The Kier molecular flexibility index (Phi) is 6.20. The number of aryl methyl sites for hydroxylation is 1. The highest BCUT2D eigenvalue weighted by molar-refractivity contribution is 6.33. The normalized spacial score (nSPS) is 10.6. The van der Waals surface area contributed by atoms with E-state index in [2.05, 4.69) is 36.5 Å². The third-order valence-corrected chi connectivity index (χ3v) is 4.30. The largest absolute Gasteiger partial charge is 0.490 e. The number of halogens is 1. The van der Waals surface area contributed by atoms with Gasteiger partial charge in [-0.15, -0.1) is 0 Å². The number of nitrogens with one attached hydrogen (secondary N) is 1. The summed E-state index contributed by atoms with van der Waals surface area (Å²) >= 11 is 6.45. The zero-order valence-corrected chi connectivity index (χ0v) is 14.5. The summed E-state index contributed by atoms with van der Waals surface area (Å²) in [5.74, 6) is 0.474. The molecule has 0 radical (unpaired) electrons. The minimum absolute atomic E-state index is 0.466. The van der Waals surface area contributed by atoms with Crippen LogP contribution < -0.4 is 10.1 Å². The lowest BCUT2D eigenvalue weighted by Gasteiger charge is -2.16. The first-order valence-electron chi connectivity index (χ1n) is 7.67. The molecule has 0 spiro atoms. The van der Waals surface area contributed by atoms with E-state index in [1.54, 1.807) is 0 Å². The molecule has 0 saturated carbocycles. The Morgan fingerprint density at radius 3 is 2.52 bits per heavy atom. The van der Waals surface area contributed by atoms with Crippen LogP contribution in [0.3, 0.4) is 0 Å². The summed E-state index contributed by atoms with van der Waals surface area (Å²) < 4.78 is 5.68. The van der Waals surface area contributed by atoms with Crippen molar-refractivity contribution in [3.05, 3.63) is 63.2 Å². The molecule has 2 rings (SSSR count). The fourth-order valence-electron chi connectivity index (χ4n) is 2.40. The highest BCUT2D eigenvalue weighted by Crippen LogP contribution is 2.34. The fraction of sp³-hybridized carbons (Fsp3) is 0.316. The maximum absolute atomic E-state index is 11.4. The Bertz CT molecular complexity index is 681. The Hall–Kier alpha value is -1.84. The first-order chi connectivity index (χ1) is 11.1. The van der Waals surface area contributed by atoms with Gasteiger partial charge in [0, 0.05) is 6.54 Å². The van der Waals surface area contributed by atoms with Gasteiger partial charge < -0.3 is 10.1 Å². The smallest absolute Gasteiger partial charge is 0.153 e. The first-order valence-corrected chi connectivity index (χ1v) is 8.04. The highest BCUT2D eigenvalue weighted by Gasteiger charge is 2.15. The monoisotopic (exact) mass is 331 g/mol. The molecule has 0 aliphatic heterocycles. The molecule has 1 N–H and O–H groups in total. The molecular weight excluding hydrogens is 310 g/mol. The summed E-state index contributed by atoms with van der Waals surface area (Å²) in [5, 5.41) is 3.52. The zero-order valence-electron chi connectivity index (χ0n) is 13.8. The molecular formula is C19H22ClNO2. The van der Waals surface area contributed by atoms with Gasteiger partial charge in [-0.1, -0.05) is 41.4 Å². The van der Waals surface area contributed by atoms with Gasteiger partial charge >= 0.3 is 0 Å². The van der Waals surface area contributed by atoms with Crippen LogP contribution in [-0.2, 0) is 6.42 Å². The van der Waals surface area contributed by atoms with Crippen molar-refractivity contribution in [3.63, 3.8) is 0 Å². The molecule has 0 bridgehead atoms. The van der Waals surface area contributed by atoms with Crippen molar-refractivity contribution in [2.24, 2.45) is 0 Å². The lowest BCUT2D eigenvalue weighted by Crippen LogP contribution is -2.17. The molecule has 0 fully saturated rings. The molecule has 0 aromatic heterocycles. The van der Waals surface area contributed by atoms with Gasteiger partial charge in [-0.05, 0) is 50.1 Å². The van der Waals surface area contributed by atoms with Crippen LogP contribution in [0.2, 0.25) is 5.02 Å². The van der Waals surface area contributed by atoms with Crippen molar-refractivity contribution in [2.75, 3.05) is 20.2 Å². The van der Waals surface area contributed by atoms with Gasteiger partial charge in [-0.25, -0.2) is 0 Å². The van der Waals surface area contributed by atoms with Crippen molar-refractivity contribution < 1.29 is 9.53 Å². The lowest BCUT2D eigenvalue weighted by atomic mass is 9.97. The van der Waals surface area contributed by atoms with E-state index in [0.29, 0.717) is 29.5 Å². The van der Waals surface area contributed by atoms with E-state index in [1.165, 1.54) is 11.1 Å². The van der Waals surface area contributed by atoms with Crippen molar-refractivity contribution in [2.45, 2.75) is 20.3 Å². The molecule has 2 aromatic rings. The van der Waals surface area contributed by atoms with Crippen molar-refractivity contribution in [3.8, 4) is 5.75 Å². The Morgan fingerprint density at radius 2 is 1.91 bits per heavy atom. The number of carbonyl (C=O) groups is 1. The van der Waals surface area contributed by atoms with E-state index >= 15 is 0 Å². The molecule has 0 amide bonds. The number of carbonyl (C=O) groups excluding carboxylic acids is 1. The average molecular weight is 332 g/mol. The van der Waals surface area contributed by atoms with Gasteiger partial charge in [0.1, 0.15) is 12.4 Å². The molecule has 2 aromatic carbocycles. The van der Waals surface area contributed by atoms with Crippen molar-refractivity contribution in [1.82, 2.24) is 5.32 Å². The maximum atomic E-state index is 11.4. The molecule has 0 atom stereocenters. The molecule has 0 saturated heterocycles.